The van der Waals surface area contributed by atoms with E-state index in [1.165, 1.54) is 0 Å². The van der Waals surface area contributed by atoms with E-state index >= 15 is 0 Å². The molecule has 2 heterocycles. The van der Waals surface area contributed by atoms with Crippen molar-refractivity contribution >= 4 is 9.84 Å². The minimum Gasteiger partial charge on any atom is -0.313 e. The number of aryl methyl sites for hydroxylation is 2. The molecule has 2 rings (SSSR count). The second kappa shape index (κ2) is 5.01. The quantitative estimate of drug-likeness (QED) is 0.874. The highest BCUT2D eigenvalue weighted by atomic mass is 32.2. The molecule has 1 aliphatic rings. The fourth-order valence-electron chi connectivity index (χ4n) is 2.82. The molecule has 1 saturated heterocycles. The van der Waals surface area contributed by atoms with Crippen molar-refractivity contribution in [2.45, 2.75) is 25.8 Å². The lowest BCUT2D eigenvalue weighted by atomic mass is 9.92. The van der Waals surface area contributed by atoms with Gasteiger partial charge in [0.05, 0.1) is 17.2 Å². The minimum absolute atomic E-state index is 0.0888. The van der Waals surface area contributed by atoms with Crippen LogP contribution in [0.4, 0.5) is 0 Å². The van der Waals surface area contributed by atoms with Crippen LogP contribution in [0.25, 0.3) is 0 Å². The summed E-state index contributed by atoms with van der Waals surface area (Å²) in [7, 11) is 0.956. The van der Waals surface area contributed by atoms with Crippen molar-refractivity contribution < 1.29 is 8.42 Å². The zero-order chi connectivity index (χ0) is 13.3. The molecule has 2 atom stereocenters. The predicted octanol–water partition coefficient (Wildman–Crippen LogP) is 0.678. The van der Waals surface area contributed by atoms with Gasteiger partial charge in [-0.05, 0) is 25.8 Å². The van der Waals surface area contributed by atoms with E-state index in [2.05, 4.69) is 17.3 Å². The fraction of sp³-hybridized carbons (Fsp3) is 0.750. The molecule has 1 fully saturated rings. The molecule has 0 radical (unpaired) electrons. The van der Waals surface area contributed by atoms with Crippen molar-refractivity contribution in [2.24, 2.45) is 13.0 Å². The third-order valence-electron chi connectivity index (χ3n) is 3.66. The summed E-state index contributed by atoms with van der Waals surface area (Å²) in [4.78, 5) is 0. The van der Waals surface area contributed by atoms with Gasteiger partial charge in [0.2, 0.25) is 0 Å². The van der Waals surface area contributed by atoms with Crippen molar-refractivity contribution in [1.82, 2.24) is 15.1 Å². The SMILES string of the molecule is CCc1nn(C)cc1C(NC)C1CCS(=O)(=O)C1. The molecular formula is C12H21N3O2S. The Kier molecular flexibility index (Phi) is 3.77. The van der Waals surface area contributed by atoms with Gasteiger partial charge >= 0.3 is 0 Å². The molecule has 2 unspecified atom stereocenters. The number of sulfone groups is 1. The van der Waals surface area contributed by atoms with Crippen LogP contribution in [-0.2, 0) is 23.3 Å². The summed E-state index contributed by atoms with van der Waals surface area (Å²) in [5.74, 6) is 0.767. The maximum Gasteiger partial charge on any atom is 0.150 e. The molecule has 0 amide bonds. The second-order valence-corrected chi connectivity index (χ2v) is 7.22. The van der Waals surface area contributed by atoms with Crippen LogP contribution in [0.5, 0.6) is 0 Å². The second-order valence-electron chi connectivity index (χ2n) is 4.99. The first-order valence-electron chi connectivity index (χ1n) is 6.37. The highest BCUT2D eigenvalue weighted by Gasteiger charge is 2.35. The van der Waals surface area contributed by atoms with Crippen molar-refractivity contribution in [3.8, 4) is 0 Å². The van der Waals surface area contributed by atoms with E-state index in [4.69, 9.17) is 0 Å². The van der Waals surface area contributed by atoms with E-state index in [0.717, 1.165) is 24.1 Å². The van der Waals surface area contributed by atoms with Crippen molar-refractivity contribution in [3.05, 3.63) is 17.5 Å². The van der Waals surface area contributed by atoms with Crippen LogP contribution < -0.4 is 5.32 Å². The van der Waals surface area contributed by atoms with Gasteiger partial charge < -0.3 is 5.32 Å². The highest BCUT2D eigenvalue weighted by molar-refractivity contribution is 7.91. The summed E-state index contributed by atoms with van der Waals surface area (Å²) in [5, 5.41) is 7.70. The van der Waals surface area contributed by atoms with Gasteiger partial charge in [-0.15, -0.1) is 0 Å². The molecule has 1 N–H and O–H groups in total. The maximum atomic E-state index is 11.6. The first-order chi connectivity index (χ1) is 8.46. The first kappa shape index (κ1) is 13.5. The predicted molar refractivity (Wildman–Crippen MR) is 71.1 cm³/mol. The number of nitrogens with zero attached hydrogens (tertiary/aromatic N) is 2. The number of hydrogen-bond acceptors (Lipinski definition) is 4. The molecule has 0 spiro atoms. The third-order valence-corrected chi connectivity index (χ3v) is 5.45. The molecule has 1 aliphatic heterocycles. The van der Waals surface area contributed by atoms with Crippen LogP contribution in [0.2, 0.25) is 0 Å². The third kappa shape index (κ3) is 2.59. The average Bonchev–Trinajstić information content (AvgIpc) is 2.83. The lowest BCUT2D eigenvalue weighted by Crippen LogP contribution is -2.26. The standard InChI is InChI=1S/C12H21N3O2S/c1-4-11-10(7-15(3)14-11)12(13-2)9-5-6-18(16,17)8-9/h7,9,12-13H,4-6,8H2,1-3H3. The summed E-state index contributed by atoms with van der Waals surface area (Å²) < 4.78 is 25.0. The Morgan fingerprint density at radius 3 is 2.83 bits per heavy atom. The van der Waals surface area contributed by atoms with E-state index in [0.29, 0.717) is 5.75 Å². The van der Waals surface area contributed by atoms with Gasteiger partial charge in [-0.3, -0.25) is 4.68 Å². The van der Waals surface area contributed by atoms with E-state index < -0.39 is 9.84 Å². The van der Waals surface area contributed by atoms with Crippen molar-refractivity contribution in [1.29, 1.82) is 0 Å². The van der Waals surface area contributed by atoms with Gasteiger partial charge in [-0.1, -0.05) is 6.92 Å². The molecule has 1 aromatic heterocycles. The largest absolute Gasteiger partial charge is 0.313 e. The molecule has 18 heavy (non-hydrogen) atoms. The van der Waals surface area contributed by atoms with Gasteiger partial charge in [-0.25, -0.2) is 8.42 Å². The Labute approximate surface area is 108 Å². The Hall–Kier alpha value is -0.880. The highest BCUT2D eigenvalue weighted by Crippen LogP contribution is 2.32. The van der Waals surface area contributed by atoms with Crippen LogP contribution in [0, 0.1) is 5.92 Å². The zero-order valence-corrected chi connectivity index (χ0v) is 12.0. The van der Waals surface area contributed by atoms with E-state index in [1.54, 1.807) is 0 Å². The monoisotopic (exact) mass is 271 g/mol. The number of rotatable bonds is 4. The molecule has 0 saturated carbocycles. The molecule has 102 valence electrons. The molecule has 6 heteroatoms. The van der Waals surface area contributed by atoms with Gasteiger partial charge in [-0.2, -0.15) is 5.10 Å². The van der Waals surface area contributed by atoms with Gasteiger partial charge in [0.25, 0.3) is 0 Å². The lowest BCUT2D eigenvalue weighted by Gasteiger charge is -2.21. The number of aromatic nitrogens is 2. The molecule has 0 bridgehead atoms. The molecule has 5 nitrogen and oxygen atoms in total. The van der Waals surface area contributed by atoms with E-state index in [-0.39, 0.29) is 17.7 Å². The summed E-state index contributed by atoms with van der Waals surface area (Å²) in [5.41, 5.74) is 2.20. The zero-order valence-electron chi connectivity index (χ0n) is 11.2. The van der Waals surface area contributed by atoms with Gasteiger partial charge in [0, 0.05) is 24.8 Å². The van der Waals surface area contributed by atoms with Crippen molar-refractivity contribution in [2.75, 3.05) is 18.6 Å². The Bertz CT molecular complexity index is 521. The Balaban J connectivity index is 2.28. The first-order valence-corrected chi connectivity index (χ1v) is 8.19. The van der Waals surface area contributed by atoms with Crippen LogP contribution in [-0.4, -0.2) is 36.8 Å². The number of nitrogens with one attached hydrogen (secondary N) is 1. The topological polar surface area (TPSA) is 64.0 Å². The molecule has 0 aromatic carbocycles. The van der Waals surface area contributed by atoms with Gasteiger partial charge in [0.1, 0.15) is 0 Å². The normalized spacial score (nSPS) is 24.3. The molecule has 1 aromatic rings. The van der Waals surface area contributed by atoms with Crippen molar-refractivity contribution in [3.63, 3.8) is 0 Å². The van der Waals surface area contributed by atoms with Crippen LogP contribution in [0.15, 0.2) is 6.20 Å². The Morgan fingerprint density at radius 1 is 1.61 bits per heavy atom. The Morgan fingerprint density at radius 2 is 2.33 bits per heavy atom. The van der Waals surface area contributed by atoms with Crippen LogP contribution in [0.1, 0.15) is 30.6 Å². The maximum absolute atomic E-state index is 11.6. The summed E-state index contributed by atoms with van der Waals surface area (Å²) in [6.07, 6.45) is 3.62. The average molecular weight is 271 g/mol. The lowest BCUT2D eigenvalue weighted by molar-refractivity contribution is 0.416. The van der Waals surface area contributed by atoms with Gasteiger partial charge in [0.15, 0.2) is 9.84 Å². The van der Waals surface area contributed by atoms with E-state index in [1.807, 2.05) is 25.0 Å². The summed E-state index contributed by atoms with van der Waals surface area (Å²) in [6, 6.07) is 0.0888. The number of hydrogen-bond donors (Lipinski definition) is 1. The smallest absolute Gasteiger partial charge is 0.150 e. The summed E-state index contributed by atoms with van der Waals surface area (Å²) in [6.45, 7) is 2.07. The van der Waals surface area contributed by atoms with Crippen LogP contribution >= 0.6 is 0 Å². The molecule has 0 aliphatic carbocycles. The van der Waals surface area contributed by atoms with E-state index in [9.17, 15) is 8.42 Å². The van der Waals surface area contributed by atoms with Crippen LogP contribution in [0.3, 0.4) is 0 Å². The fourth-order valence-corrected chi connectivity index (χ4v) is 4.66. The minimum atomic E-state index is -2.84. The summed E-state index contributed by atoms with van der Waals surface area (Å²) >= 11 is 0. The molecular weight excluding hydrogens is 250 g/mol.